The van der Waals surface area contributed by atoms with E-state index in [1.807, 2.05) is 0 Å². The van der Waals surface area contributed by atoms with Crippen LogP contribution in [0.2, 0.25) is 0 Å². The van der Waals surface area contributed by atoms with Crippen LogP contribution in [0.15, 0.2) is 0 Å². The molecular weight excluding hydrogens is 256 g/mol. The van der Waals surface area contributed by atoms with Gasteiger partial charge in [0.1, 0.15) is 0 Å². The van der Waals surface area contributed by atoms with Crippen LogP contribution >= 0.6 is 0 Å². The zero-order valence-electron chi connectivity index (χ0n) is 14.0. The van der Waals surface area contributed by atoms with Crippen LogP contribution < -0.4 is 11.3 Å². The molecule has 0 aromatic rings. The SMILES string of the molecule is CC1CCC(C(NN)C23CC4CC(CC(C)(C4)C2)C3)CC1. The first-order valence-electron chi connectivity index (χ1n) is 9.48. The molecule has 5 aliphatic rings. The van der Waals surface area contributed by atoms with E-state index in [2.05, 4.69) is 19.3 Å². The summed E-state index contributed by atoms with van der Waals surface area (Å²) in [4.78, 5) is 0. The van der Waals surface area contributed by atoms with Gasteiger partial charge < -0.3 is 0 Å². The summed E-state index contributed by atoms with van der Waals surface area (Å²) in [6, 6.07) is 0.593. The van der Waals surface area contributed by atoms with E-state index in [1.54, 1.807) is 0 Å². The standard InChI is InChI=1S/C19H34N2/c1-13-3-5-16(6-4-13)17(21-20)19-10-14-7-15(11-19)9-18(2,8-14)12-19/h13-17,21H,3-12,20H2,1-2H3. The van der Waals surface area contributed by atoms with E-state index in [0.717, 1.165) is 23.7 Å². The minimum absolute atomic E-state index is 0.541. The molecule has 2 nitrogen and oxygen atoms in total. The molecule has 3 atom stereocenters. The predicted octanol–water partition coefficient (Wildman–Crippen LogP) is 4.25. The largest absolute Gasteiger partial charge is 0.271 e. The lowest BCUT2D eigenvalue weighted by Gasteiger charge is -2.64. The molecule has 0 saturated heterocycles. The topological polar surface area (TPSA) is 38.0 Å². The van der Waals surface area contributed by atoms with Gasteiger partial charge in [-0.05, 0) is 85.9 Å². The first-order chi connectivity index (χ1) is 10.0. The van der Waals surface area contributed by atoms with Gasteiger partial charge in [-0.1, -0.05) is 26.7 Å². The summed E-state index contributed by atoms with van der Waals surface area (Å²) < 4.78 is 0. The van der Waals surface area contributed by atoms with Crippen molar-refractivity contribution in [1.29, 1.82) is 0 Å². The lowest BCUT2D eigenvalue weighted by Crippen LogP contribution is -2.62. The van der Waals surface area contributed by atoms with Crippen molar-refractivity contribution in [3.63, 3.8) is 0 Å². The van der Waals surface area contributed by atoms with Gasteiger partial charge in [-0.15, -0.1) is 0 Å². The average Bonchev–Trinajstić information content (AvgIpc) is 2.38. The Morgan fingerprint density at radius 3 is 2.14 bits per heavy atom. The van der Waals surface area contributed by atoms with Crippen LogP contribution in [0.1, 0.15) is 78.1 Å². The minimum atomic E-state index is 0.541. The van der Waals surface area contributed by atoms with Crippen LogP contribution in [0.5, 0.6) is 0 Å². The normalized spacial score (nSPS) is 53.9. The monoisotopic (exact) mass is 290 g/mol. The molecule has 0 amide bonds. The van der Waals surface area contributed by atoms with Crippen LogP contribution in [-0.4, -0.2) is 6.04 Å². The molecule has 3 N–H and O–H groups in total. The molecule has 2 heteroatoms. The third-order valence-electron chi connectivity index (χ3n) is 7.77. The molecule has 0 aromatic heterocycles. The Kier molecular flexibility index (Phi) is 3.43. The highest BCUT2D eigenvalue weighted by Gasteiger charge is 2.59. The quantitative estimate of drug-likeness (QED) is 0.602. The van der Waals surface area contributed by atoms with Gasteiger partial charge in [-0.3, -0.25) is 11.3 Å². The first-order valence-corrected chi connectivity index (χ1v) is 9.48. The van der Waals surface area contributed by atoms with Crippen LogP contribution in [-0.2, 0) is 0 Å². The molecular formula is C19H34N2. The smallest absolute Gasteiger partial charge is 0.0295 e. The van der Waals surface area contributed by atoms with E-state index in [1.165, 1.54) is 64.2 Å². The van der Waals surface area contributed by atoms with Crippen LogP contribution in [0.3, 0.4) is 0 Å². The molecule has 120 valence electrons. The second-order valence-electron chi connectivity index (χ2n) is 9.80. The number of hydrogen-bond acceptors (Lipinski definition) is 2. The van der Waals surface area contributed by atoms with Crippen molar-refractivity contribution < 1.29 is 0 Å². The van der Waals surface area contributed by atoms with E-state index in [0.29, 0.717) is 16.9 Å². The maximum absolute atomic E-state index is 6.15. The summed E-state index contributed by atoms with van der Waals surface area (Å²) in [5.41, 5.74) is 4.54. The lowest BCUT2D eigenvalue weighted by molar-refractivity contribution is -0.129. The van der Waals surface area contributed by atoms with Gasteiger partial charge in [-0.2, -0.15) is 0 Å². The number of nitrogens with two attached hydrogens (primary N) is 1. The Balaban J connectivity index is 1.58. The second kappa shape index (κ2) is 4.96. The van der Waals surface area contributed by atoms with Crippen molar-refractivity contribution in [2.24, 2.45) is 40.3 Å². The van der Waals surface area contributed by atoms with Gasteiger partial charge in [0.15, 0.2) is 0 Å². The zero-order valence-corrected chi connectivity index (χ0v) is 14.0. The van der Waals surface area contributed by atoms with Crippen molar-refractivity contribution in [2.45, 2.75) is 84.1 Å². The molecule has 21 heavy (non-hydrogen) atoms. The summed E-state index contributed by atoms with van der Waals surface area (Å²) in [6.45, 7) is 5.00. The first kappa shape index (κ1) is 14.5. The van der Waals surface area contributed by atoms with Crippen LogP contribution in [0.4, 0.5) is 0 Å². The van der Waals surface area contributed by atoms with E-state index in [-0.39, 0.29) is 0 Å². The lowest BCUT2D eigenvalue weighted by atomic mass is 9.42. The zero-order chi connectivity index (χ0) is 14.7. The molecule has 5 aliphatic carbocycles. The Morgan fingerprint density at radius 1 is 1.00 bits per heavy atom. The van der Waals surface area contributed by atoms with Gasteiger partial charge in [0.05, 0.1) is 0 Å². The van der Waals surface area contributed by atoms with Crippen LogP contribution in [0.25, 0.3) is 0 Å². The summed E-state index contributed by atoms with van der Waals surface area (Å²) in [5.74, 6) is 9.95. The fraction of sp³-hybridized carbons (Fsp3) is 1.00. The van der Waals surface area contributed by atoms with Gasteiger partial charge in [-0.25, -0.2) is 0 Å². The Labute approximate surface area is 130 Å². The second-order valence-corrected chi connectivity index (χ2v) is 9.80. The summed E-state index contributed by atoms with van der Waals surface area (Å²) in [5, 5.41) is 0. The molecule has 0 radical (unpaired) electrons. The number of hydrogen-bond donors (Lipinski definition) is 2. The highest BCUT2D eigenvalue weighted by atomic mass is 15.2. The van der Waals surface area contributed by atoms with Crippen LogP contribution in [0, 0.1) is 34.5 Å². The van der Waals surface area contributed by atoms with Crippen molar-refractivity contribution in [3.05, 3.63) is 0 Å². The molecule has 4 bridgehead atoms. The number of hydrazine groups is 1. The molecule has 0 heterocycles. The fourth-order valence-corrected chi connectivity index (χ4v) is 7.59. The van der Waals surface area contributed by atoms with Crippen molar-refractivity contribution in [1.82, 2.24) is 5.43 Å². The molecule has 5 saturated carbocycles. The molecule has 5 fully saturated rings. The van der Waals surface area contributed by atoms with E-state index in [9.17, 15) is 0 Å². The number of nitrogens with one attached hydrogen (secondary N) is 1. The molecule has 0 spiro atoms. The summed E-state index contributed by atoms with van der Waals surface area (Å²) in [6.07, 6.45) is 14.6. The fourth-order valence-electron chi connectivity index (χ4n) is 7.59. The molecule has 5 rings (SSSR count). The molecule has 0 aromatic carbocycles. The van der Waals surface area contributed by atoms with E-state index >= 15 is 0 Å². The van der Waals surface area contributed by atoms with Crippen molar-refractivity contribution in [3.8, 4) is 0 Å². The number of rotatable bonds is 3. The maximum Gasteiger partial charge on any atom is 0.0295 e. The van der Waals surface area contributed by atoms with E-state index in [4.69, 9.17) is 5.84 Å². The van der Waals surface area contributed by atoms with Gasteiger partial charge >= 0.3 is 0 Å². The maximum atomic E-state index is 6.15. The Hall–Kier alpha value is -0.0800. The average molecular weight is 290 g/mol. The minimum Gasteiger partial charge on any atom is -0.271 e. The molecule has 3 unspecified atom stereocenters. The summed E-state index contributed by atoms with van der Waals surface area (Å²) in [7, 11) is 0. The predicted molar refractivity (Wildman–Crippen MR) is 87.5 cm³/mol. The highest BCUT2D eigenvalue weighted by molar-refractivity contribution is 5.10. The van der Waals surface area contributed by atoms with E-state index < -0.39 is 0 Å². The summed E-state index contributed by atoms with van der Waals surface area (Å²) >= 11 is 0. The van der Waals surface area contributed by atoms with Gasteiger partial charge in [0, 0.05) is 6.04 Å². The third-order valence-corrected chi connectivity index (χ3v) is 7.77. The van der Waals surface area contributed by atoms with Crippen molar-refractivity contribution in [2.75, 3.05) is 0 Å². The highest BCUT2D eigenvalue weighted by Crippen LogP contribution is 2.67. The Morgan fingerprint density at radius 2 is 1.62 bits per heavy atom. The van der Waals surface area contributed by atoms with Gasteiger partial charge in [0.2, 0.25) is 0 Å². The van der Waals surface area contributed by atoms with Crippen molar-refractivity contribution >= 4 is 0 Å². The third kappa shape index (κ3) is 2.37. The Bertz CT molecular complexity index is 382. The molecule has 0 aliphatic heterocycles. The van der Waals surface area contributed by atoms with Gasteiger partial charge in [0.25, 0.3) is 0 Å².